The van der Waals surface area contributed by atoms with E-state index in [0.29, 0.717) is 12.1 Å². The standard InChI is InChI=1S/C12H13BrFN/c13-10-2-1-9(11(14)3-10)7-15-12-4-8(5-12)6-12/h1-3,8,15H,4-7H2. The van der Waals surface area contributed by atoms with Crippen molar-refractivity contribution in [3.8, 4) is 0 Å². The highest BCUT2D eigenvalue weighted by Gasteiger charge is 2.55. The Morgan fingerprint density at radius 1 is 1.40 bits per heavy atom. The molecule has 3 aliphatic rings. The molecule has 0 amide bonds. The summed E-state index contributed by atoms with van der Waals surface area (Å²) in [7, 11) is 0. The summed E-state index contributed by atoms with van der Waals surface area (Å²) in [6, 6.07) is 5.26. The Bertz CT molecular complexity index is 388. The quantitative estimate of drug-likeness (QED) is 0.889. The maximum Gasteiger partial charge on any atom is 0.128 e. The minimum atomic E-state index is -0.122. The van der Waals surface area contributed by atoms with Crippen molar-refractivity contribution < 1.29 is 4.39 Å². The number of hydrogen-bond acceptors (Lipinski definition) is 1. The molecule has 4 rings (SSSR count). The van der Waals surface area contributed by atoms with Crippen molar-refractivity contribution in [3.05, 3.63) is 34.1 Å². The summed E-state index contributed by atoms with van der Waals surface area (Å²) in [4.78, 5) is 0. The number of benzene rings is 1. The van der Waals surface area contributed by atoms with Gasteiger partial charge in [-0.1, -0.05) is 22.0 Å². The first-order chi connectivity index (χ1) is 7.17. The summed E-state index contributed by atoms with van der Waals surface area (Å²) < 4.78 is 14.3. The molecule has 1 N–H and O–H groups in total. The number of hydrogen-bond donors (Lipinski definition) is 1. The zero-order valence-electron chi connectivity index (χ0n) is 8.39. The lowest BCUT2D eigenvalue weighted by molar-refractivity contribution is -0.0521. The maximum atomic E-state index is 13.5. The molecule has 0 heterocycles. The average Bonchev–Trinajstić information content (AvgIpc) is 2.03. The molecule has 80 valence electrons. The summed E-state index contributed by atoms with van der Waals surface area (Å²) in [6.07, 6.45) is 3.89. The van der Waals surface area contributed by atoms with E-state index in [0.717, 1.165) is 16.0 Å². The molecular weight excluding hydrogens is 257 g/mol. The molecule has 0 saturated heterocycles. The van der Waals surface area contributed by atoms with Crippen molar-refractivity contribution >= 4 is 15.9 Å². The maximum absolute atomic E-state index is 13.5. The van der Waals surface area contributed by atoms with Crippen LogP contribution >= 0.6 is 15.9 Å². The van der Waals surface area contributed by atoms with Crippen molar-refractivity contribution in [2.75, 3.05) is 0 Å². The van der Waals surface area contributed by atoms with E-state index >= 15 is 0 Å². The summed E-state index contributed by atoms with van der Waals surface area (Å²) in [5.74, 6) is 0.843. The van der Waals surface area contributed by atoms with Crippen molar-refractivity contribution in [3.63, 3.8) is 0 Å². The molecule has 3 saturated carbocycles. The van der Waals surface area contributed by atoms with Crippen LogP contribution < -0.4 is 5.32 Å². The van der Waals surface area contributed by atoms with Gasteiger partial charge >= 0.3 is 0 Å². The van der Waals surface area contributed by atoms with E-state index in [1.807, 2.05) is 12.1 Å². The van der Waals surface area contributed by atoms with Crippen molar-refractivity contribution in [2.45, 2.75) is 31.3 Å². The average molecular weight is 270 g/mol. The lowest BCUT2D eigenvalue weighted by Crippen LogP contribution is -2.66. The zero-order valence-corrected chi connectivity index (χ0v) is 9.98. The fourth-order valence-corrected chi connectivity index (χ4v) is 2.98. The predicted octanol–water partition coefficient (Wildman–Crippen LogP) is 3.23. The summed E-state index contributed by atoms with van der Waals surface area (Å²) >= 11 is 3.26. The van der Waals surface area contributed by atoms with Crippen LogP contribution in [0.15, 0.2) is 22.7 Å². The first kappa shape index (κ1) is 9.79. The van der Waals surface area contributed by atoms with Crippen LogP contribution in [-0.2, 0) is 6.54 Å². The monoisotopic (exact) mass is 269 g/mol. The largest absolute Gasteiger partial charge is 0.307 e. The van der Waals surface area contributed by atoms with Gasteiger partial charge in [0.1, 0.15) is 5.82 Å². The van der Waals surface area contributed by atoms with E-state index in [-0.39, 0.29) is 5.82 Å². The van der Waals surface area contributed by atoms with Crippen LogP contribution in [0.2, 0.25) is 0 Å². The molecule has 2 bridgehead atoms. The molecule has 1 aromatic rings. The van der Waals surface area contributed by atoms with E-state index in [1.54, 1.807) is 0 Å². The van der Waals surface area contributed by atoms with Crippen molar-refractivity contribution in [1.29, 1.82) is 0 Å². The van der Waals surface area contributed by atoms with Crippen LogP contribution in [0.4, 0.5) is 4.39 Å². The van der Waals surface area contributed by atoms with E-state index in [1.165, 1.54) is 25.3 Å². The molecule has 0 atom stereocenters. The molecule has 0 spiro atoms. The van der Waals surface area contributed by atoms with Gasteiger partial charge in [-0.2, -0.15) is 0 Å². The lowest BCUT2D eigenvalue weighted by atomic mass is 9.50. The Morgan fingerprint density at radius 2 is 2.13 bits per heavy atom. The summed E-state index contributed by atoms with van der Waals surface area (Å²) in [6.45, 7) is 0.659. The SMILES string of the molecule is Fc1cc(Br)ccc1CNC12CC(C1)C2. The van der Waals surface area contributed by atoms with Gasteiger partial charge in [0.2, 0.25) is 0 Å². The van der Waals surface area contributed by atoms with E-state index in [4.69, 9.17) is 0 Å². The van der Waals surface area contributed by atoms with E-state index in [2.05, 4.69) is 21.2 Å². The fraction of sp³-hybridized carbons (Fsp3) is 0.500. The first-order valence-corrected chi connectivity index (χ1v) is 6.15. The van der Waals surface area contributed by atoms with Gasteiger partial charge < -0.3 is 5.32 Å². The molecule has 1 nitrogen and oxygen atoms in total. The molecule has 0 aliphatic heterocycles. The van der Waals surface area contributed by atoms with Crippen LogP contribution in [-0.4, -0.2) is 5.54 Å². The highest BCUT2D eigenvalue weighted by atomic mass is 79.9. The third-order valence-electron chi connectivity index (χ3n) is 3.71. The van der Waals surface area contributed by atoms with Gasteiger partial charge in [-0.3, -0.25) is 0 Å². The van der Waals surface area contributed by atoms with Gasteiger partial charge in [0, 0.05) is 22.1 Å². The molecule has 15 heavy (non-hydrogen) atoms. The van der Waals surface area contributed by atoms with Gasteiger partial charge in [0.05, 0.1) is 0 Å². The van der Waals surface area contributed by atoms with Gasteiger partial charge in [-0.25, -0.2) is 4.39 Å². The summed E-state index contributed by atoms with van der Waals surface area (Å²) in [5, 5.41) is 3.48. The molecule has 1 aromatic carbocycles. The van der Waals surface area contributed by atoms with Crippen LogP contribution in [0.1, 0.15) is 24.8 Å². The Balaban J connectivity index is 1.66. The van der Waals surface area contributed by atoms with Crippen LogP contribution in [0, 0.1) is 11.7 Å². The Morgan fingerprint density at radius 3 is 2.67 bits per heavy atom. The van der Waals surface area contributed by atoms with Crippen LogP contribution in [0.5, 0.6) is 0 Å². The van der Waals surface area contributed by atoms with Gasteiger partial charge in [-0.05, 0) is 37.3 Å². The molecule has 0 radical (unpaired) electrons. The minimum Gasteiger partial charge on any atom is -0.307 e. The van der Waals surface area contributed by atoms with E-state index < -0.39 is 0 Å². The van der Waals surface area contributed by atoms with E-state index in [9.17, 15) is 4.39 Å². The normalized spacial score (nSPS) is 32.0. The number of rotatable bonds is 3. The van der Waals surface area contributed by atoms with Crippen LogP contribution in [0.3, 0.4) is 0 Å². The third kappa shape index (κ3) is 1.62. The second-order valence-corrected chi connectivity index (χ2v) is 5.76. The number of nitrogens with one attached hydrogen (secondary N) is 1. The molecule has 3 fully saturated rings. The molecule has 0 aromatic heterocycles. The highest BCUT2D eigenvalue weighted by molar-refractivity contribution is 9.10. The van der Waals surface area contributed by atoms with Crippen molar-refractivity contribution in [1.82, 2.24) is 5.32 Å². The second-order valence-electron chi connectivity index (χ2n) is 4.85. The Labute approximate surface area is 97.2 Å². The van der Waals surface area contributed by atoms with Crippen LogP contribution in [0.25, 0.3) is 0 Å². The van der Waals surface area contributed by atoms with Gasteiger partial charge in [0.15, 0.2) is 0 Å². The molecule has 0 unspecified atom stereocenters. The zero-order chi connectivity index (χ0) is 10.5. The number of halogens is 2. The van der Waals surface area contributed by atoms with Crippen molar-refractivity contribution in [2.24, 2.45) is 5.92 Å². The Hall–Kier alpha value is -0.410. The fourth-order valence-electron chi connectivity index (χ4n) is 2.64. The van der Waals surface area contributed by atoms with Gasteiger partial charge in [-0.15, -0.1) is 0 Å². The predicted molar refractivity (Wildman–Crippen MR) is 61.0 cm³/mol. The third-order valence-corrected chi connectivity index (χ3v) is 4.20. The smallest absolute Gasteiger partial charge is 0.128 e. The highest BCUT2D eigenvalue weighted by Crippen LogP contribution is 2.56. The topological polar surface area (TPSA) is 12.0 Å². The minimum absolute atomic E-state index is 0.122. The molecule has 3 aliphatic carbocycles. The Kier molecular flexibility index (Phi) is 2.15. The summed E-state index contributed by atoms with van der Waals surface area (Å²) in [5.41, 5.74) is 1.15. The first-order valence-electron chi connectivity index (χ1n) is 5.36. The molecule has 3 heteroatoms. The van der Waals surface area contributed by atoms with Gasteiger partial charge in [0.25, 0.3) is 0 Å². The second kappa shape index (κ2) is 3.29. The molecular formula is C12H13BrFN. The lowest BCUT2D eigenvalue weighted by Gasteiger charge is -2.62.